The summed E-state index contributed by atoms with van der Waals surface area (Å²) in [6.07, 6.45) is -3.83. The van der Waals surface area contributed by atoms with Gasteiger partial charge in [0, 0.05) is 6.42 Å². The number of hydrogen-bond acceptors (Lipinski definition) is 5. The fourth-order valence-corrected chi connectivity index (χ4v) is 1.12. The van der Waals surface area contributed by atoms with E-state index in [0.29, 0.717) is 0 Å². The first kappa shape index (κ1) is 8.89. The van der Waals surface area contributed by atoms with E-state index in [2.05, 4.69) is 0 Å². The van der Waals surface area contributed by atoms with Crippen LogP contribution in [0, 0.1) is 0 Å². The highest BCUT2D eigenvalue weighted by Gasteiger charge is 2.37. The Labute approximate surface area is 63.8 Å². The molecule has 1 heterocycles. The van der Waals surface area contributed by atoms with Crippen LogP contribution in [0.1, 0.15) is 6.42 Å². The van der Waals surface area contributed by atoms with Crippen molar-refractivity contribution in [2.24, 2.45) is 0 Å². The van der Waals surface area contributed by atoms with Gasteiger partial charge in [0.05, 0.1) is 12.7 Å². The van der Waals surface area contributed by atoms with Gasteiger partial charge >= 0.3 is 0 Å². The van der Waals surface area contributed by atoms with Crippen LogP contribution in [0.4, 0.5) is 0 Å². The van der Waals surface area contributed by atoms with E-state index in [1.807, 2.05) is 0 Å². The summed E-state index contributed by atoms with van der Waals surface area (Å²) in [4.78, 5) is 0. The molecule has 0 radical (unpaired) electrons. The molecule has 0 amide bonds. The Kier molecular flexibility index (Phi) is 2.80. The molecule has 1 aliphatic rings. The third-order valence-electron chi connectivity index (χ3n) is 1.70. The molecule has 66 valence electrons. The van der Waals surface area contributed by atoms with Crippen molar-refractivity contribution >= 4 is 0 Å². The summed E-state index contributed by atoms with van der Waals surface area (Å²) in [5.41, 5.74) is 0. The first-order chi connectivity index (χ1) is 5.15. The summed E-state index contributed by atoms with van der Waals surface area (Å²) in [7, 11) is 0. The molecule has 0 bridgehead atoms. The number of rotatable bonds is 2. The van der Waals surface area contributed by atoms with Gasteiger partial charge in [-0.3, -0.25) is 0 Å². The maximum atomic E-state index is 9.10. The van der Waals surface area contributed by atoms with Crippen LogP contribution in [0.5, 0.6) is 0 Å². The Morgan fingerprint density at radius 2 is 2.09 bits per heavy atom. The highest BCUT2D eigenvalue weighted by Crippen LogP contribution is 2.20. The maximum absolute atomic E-state index is 9.10. The summed E-state index contributed by atoms with van der Waals surface area (Å²) in [6, 6.07) is 0. The molecular weight excluding hydrogens is 152 g/mol. The summed E-state index contributed by atoms with van der Waals surface area (Å²) >= 11 is 0. The molecule has 0 aliphatic carbocycles. The molecule has 1 aliphatic heterocycles. The van der Waals surface area contributed by atoms with Crippen molar-refractivity contribution < 1.29 is 25.2 Å². The van der Waals surface area contributed by atoms with Crippen molar-refractivity contribution in [3.63, 3.8) is 0 Å². The topological polar surface area (TPSA) is 90.2 Å². The minimum Gasteiger partial charge on any atom is -0.394 e. The van der Waals surface area contributed by atoms with E-state index in [4.69, 9.17) is 25.2 Å². The van der Waals surface area contributed by atoms with Crippen molar-refractivity contribution in [2.75, 3.05) is 6.61 Å². The average molecular weight is 164 g/mol. The Hall–Kier alpha value is -0.200. The highest BCUT2D eigenvalue weighted by atomic mass is 16.6. The van der Waals surface area contributed by atoms with Gasteiger partial charge < -0.3 is 25.2 Å². The van der Waals surface area contributed by atoms with E-state index in [1.165, 1.54) is 0 Å². The Morgan fingerprint density at radius 3 is 2.45 bits per heavy atom. The van der Waals surface area contributed by atoms with Crippen LogP contribution in [0.15, 0.2) is 0 Å². The van der Waals surface area contributed by atoms with Crippen LogP contribution in [0.3, 0.4) is 0 Å². The van der Waals surface area contributed by atoms with E-state index in [1.54, 1.807) is 0 Å². The smallest absolute Gasteiger partial charge is 0.157 e. The van der Waals surface area contributed by atoms with E-state index < -0.39 is 31.2 Å². The first-order valence-corrected chi connectivity index (χ1v) is 3.45. The molecule has 1 saturated heterocycles. The molecule has 1 rings (SSSR count). The van der Waals surface area contributed by atoms with Gasteiger partial charge in [0.15, 0.2) is 6.29 Å². The number of hydrogen-bond donors (Lipinski definition) is 4. The molecule has 4 atom stereocenters. The number of ether oxygens (including phenoxy) is 1. The zero-order valence-electron chi connectivity index (χ0n) is 5.92. The van der Waals surface area contributed by atoms with Gasteiger partial charge in [-0.25, -0.2) is 0 Å². The van der Waals surface area contributed by atoms with Crippen LogP contribution in [-0.4, -0.2) is 51.6 Å². The van der Waals surface area contributed by atoms with Crippen molar-refractivity contribution in [1.82, 2.24) is 0 Å². The summed E-state index contributed by atoms with van der Waals surface area (Å²) < 4.78 is 4.72. The molecule has 2 unspecified atom stereocenters. The molecule has 0 aromatic carbocycles. The molecule has 0 spiro atoms. The zero-order valence-corrected chi connectivity index (χ0v) is 5.92. The quantitative estimate of drug-likeness (QED) is 0.372. The van der Waals surface area contributed by atoms with Gasteiger partial charge in [-0.1, -0.05) is 0 Å². The molecule has 11 heavy (non-hydrogen) atoms. The second-order valence-corrected chi connectivity index (χ2v) is 2.61. The van der Waals surface area contributed by atoms with Gasteiger partial charge in [-0.2, -0.15) is 0 Å². The second kappa shape index (κ2) is 3.46. The third kappa shape index (κ3) is 1.88. The van der Waals surface area contributed by atoms with E-state index in [-0.39, 0.29) is 6.42 Å². The van der Waals surface area contributed by atoms with Crippen molar-refractivity contribution in [1.29, 1.82) is 0 Å². The highest BCUT2D eigenvalue weighted by molar-refractivity contribution is 4.82. The van der Waals surface area contributed by atoms with Gasteiger partial charge in [0.25, 0.3) is 0 Å². The Balaban J connectivity index is 2.45. The van der Waals surface area contributed by atoms with Crippen LogP contribution in [-0.2, 0) is 4.74 Å². The Bertz CT molecular complexity index is 124. The second-order valence-electron chi connectivity index (χ2n) is 2.61. The monoisotopic (exact) mass is 164 g/mol. The number of aliphatic hydroxyl groups excluding tert-OH is 4. The van der Waals surface area contributed by atoms with Crippen LogP contribution >= 0.6 is 0 Å². The molecule has 5 nitrogen and oxygen atoms in total. The van der Waals surface area contributed by atoms with Crippen molar-refractivity contribution in [2.45, 2.75) is 31.0 Å². The molecule has 1 fully saturated rings. The van der Waals surface area contributed by atoms with Crippen molar-refractivity contribution in [3.8, 4) is 0 Å². The maximum Gasteiger partial charge on any atom is 0.157 e. The standard InChI is InChI=1S/C6H12O5/c7-2-4(9)6-3(8)1-5(10)11-6/h3-10H,1-2H2/t3?,4?,5-,6-/m1/s1. The predicted octanol–water partition coefficient (Wildman–Crippen LogP) is -2.19. The summed E-state index contributed by atoms with van der Waals surface area (Å²) in [6.45, 7) is -0.478. The molecule has 0 saturated carbocycles. The lowest BCUT2D eigenvalue weighted by atomic mass is 10.1. The fraction of sp³-hybridized carbons (Fsp3) is 1.00. The van der Waals surface area contributed by atoms with E-state index in [0.717, 1.165) is 0 Å². The minimum atomic E-state index is -1.12. The van der Waals surface area contributed by atoms with Crippen molar-refractivity contribution in [3.05, 3.63) is 0 Å². The van der Waals surface area contributed by atoms with Gasteiger partial charge in [0.1, 0.15) is 12.2 Å². The summed E-state index contributed by atoms with van der Waals surface area (Å²) in [5, 5.41) is 35.4. The van der Waals surface area contributed by atoms with Gasteiger partial charge in [0.2, 0.25) is 0 Å². The van der Waals surface area contributed by atoms with Gasteiger partial charge in [-0.05, 0) is 0 Å². The number of aliphatic hydroxyl groups is 4. The first-order valence-electron chi connectivity index (χ1n) is 3.45. The molecular formula is C6H12O5. The lowest BCUT2D eigenvalue weighted by molar-refractivity contribution is -0.136. The normalized spacial score (nSPS) is 40.9. The lowest BCUT2D eigenvalue weighted by Crippen LogP contribution is -2.36. The van der Waals surface area contributed by atoms with Gasteiger partial charge in [-0.15, -0.1) is 0 Å². The summed E-state index contributed by atoms with van der Waals surface area (Å²) in [5.74, 6) is 0. The molecule has 5 heteroatoms. The average Bonchev–Trinajstić information content (AvgIpc) is 2.28. The van der Waals surface area contributed by atoms with Crippen LogP contribution in [0.25, 0.3) is 0 Å². The minimum absolute atomic E-state index is 0.0850. The van der Waals surface area contributed by atoms with Crippen LogP contribution in [0.2, 0.25) is 0 Å². The van der Waals surface area contributed by atoms with Crippen LogP contribution < -0.4 is 0 Å². The molecule has 0 aromatic rings. The lowest BCUT2D eigenvalue weighted by Gasteiger charge is -2.17. The molecule has 0 aromatic heterocycles. The zero-order chi connectivity index (χ0) is 8.43. The van der Waals surface area contributed by atoms with E-state index in [9.17, 15) is 0 Å². The predicted molar refractivity (Wildman–Crippen MR) is 34.6 cm³/mol. The largest absolute Gasteiger partial charge is 0.394 e. The Morgan fingerprint density at radius 1 is 1.45 bits per heavy atom. The molecule has 4 N–H and O–H groups in total. The third-order valence-corrected chi connectivity index (χ3v) is 1.70. The fourth-order valence-electron chi connectivity index (χ4n) is 1.12. The SMILES string of the molecule is OCC(O)[C@@H]1O[C@@H](O)CC1O. The van der Waals surface area contributed by atoms with E-state index >= 15 is 0 Å².